The Labute approximate surface area is 159 Å². The number of carbonyl (C=O) groups is 2. The number of aromatic nitrogens is 1. The fourth-order valence-corrected chi connectivity index (χ4v) is 3.22. The largest absolute Gasteiger partial charge is 0.383 e. The Bertz CT molecular complexity index is 785. The molecular formula is C20H26N4O3. The number of hydrogen-bond acceptors (Lipinski definition) is 3. The van der Waals surface area contributed by atoms with Crippen LogP contribution in [0.4, 0.5) is 4.79 Å². The monoisotopic (exact) mass is 370 g/mol. The number of carbonyl (C=O) groups excluding carboxylic acids is 2. The molecule has 3 rings (SSSR count). The van der Waals surface area contributed by atoms with Crippen molar-refractivity contribution in [3.8, 4) is 0 Å². The van der Waals surface area contributed by atoms with Gasteiger partial charge in [-0.1, -0.05) is 29.8 Å². The first-order valence-electron chi connectivity index (χ1n) is 9.11. The topological polar surface area (TPSA) is 75.6 Å². The Morgan fingerprint density at radius 2 is 2.00 bits per heavy atom. The Morgan fingerprint density at radius 1 is 1.22 bits per heavy atom. The highest BCUT2D eigenvalue weighted by atomic mass is 16.5. The third-order valence-electron chi connectivity index (χ3n) is 4.77. The Balaban J connectivity index is 1.55. The minimum atomic E-state index is -0.243. The van der Waals surface area contributed by atoms with Crippen molar-refractivity contribution in [3.63, 3.8) is 0 Å². The summed E-state index contributed by atoms with van der Waals surface area (Å²) < 4.78 is 7.06. The molecule has 2 aromatic rings. The maximum atomic E-state index is 12.7. The van der Waals surface area contributed by atoms with Gasteiger partial charge in [0.2, 0.25) is 0 Å². The Kier molecular flexibility index (Phi) is 6.13. The van der Waals surface area contributed by atoms with Crippen LogP contribution in [0.1, 0.15) is 21.6 Å². The number of benzene rings is 1. The van der Waals surface area contributed by atoms with Crippen LogP contribution in [0.5, 0.6) is 0 Å². The summed E-state index contributed by atoms with van der Waals surface area (Å²) >= 11 is 0. The number of ether oxygens (including phenoxy) is 1. The van der Waals surface area contributed by atoms with E-state index in [2.05, 4.69) is 10.6 Å². The lowest BCUT2D eigenvalue weighted by molar-refractivity contribution is 0.0513. The van der Waals surface area contributed by atoms with Gasteiger partial charge in [-0.15, -0.1) is 0 Å². The first-order chi connectivity index (χ1) is 13.1. The van der Waals surface area contributed by atoms with Gasteiger partial charge in [-0.05, 0) is 24.6 Å². The zero-order valence-electron chi connectivity index (χ0n) is 15.8. The molecule has 1 atom stereocenters. The number of amides is 3. The molecule has 3 amide bonds. The second kappa shape index (κ2) is 8.73. The van der Waals surface area contributed by atoms with Gasteiger partial charge in [0, 0.05) is 39.5 Å². The van der Waals surface area contributed by atoms with Crippen LogP contribution in [-0.2, 0) is 17.8 Å². The average molecular weight is 370 g/mol. The van der Waals surface area contributed by atoms with Crippen molar-refractivity contribution in [1.82, 2.24) is 20.1 Å². The van der Waals surface area contributed by atoms with E-state index in [4.69, 9.17) is 4.74 Å². The molecule has 1 aliphatic rings. The molecule has 0 bridgehead atoms. The third kappa shape index (κ3) is 4.68. The van der Waals surface area contributed by atoms with E-state index in [0.717, 1.165) is 5.56 Å². The summed E-state index contributed by atoms with van der Waals surface area (Å²) in [7, 11) is 1.61. The Morgan fingerprint density at radius 3 is 2.74 bits per heavy atom. The van der Waals surface area contributed by atoms with Crippen molar-refractivity contribution in [2.45, 2.75) is 26.1 Å². The summed E-state index contributed by atoms with van der Waals surface area (Å²) in [4.78, 5) is 26.6. The first kappa shape index (κ1) is 19.0. The molecule has 1 aliphatic heterocycles. The van der Waals surface area contributed by atoms with E-state index in [1.165, 1.54) is 5.56 Å². The summed E-state index contributed by atoms with van der Waals surface area (Å²) in [5, 5.41) is 5.74. The normalized spacial score (nSPS) is 16.1. The predicted molar refractivity (Wildman–Crippen MR) is 103 cm³/mol. The SMILES string of the molecule is COCCN1C(=O)c2cccn2CC1CNC(=O)NCc1ccc(C)cc1. The van der Waals surface area contributed by atoms with Crippen LogP contribution in [-0.4, -0.2) is 54.3 Å². The summed E-state index contributed by atoms with van der Waals surface area (Å²) in [6.07, 6.45) is 1.89. The number of hydrogen-bond donors (Lipinski definition) is 2. The number of methoxy groups -OCH3 is 1. The van der Waals surface area contributed by atoms with E-state index >= 15 is 0 Å². The van der Waals surface area contributed by atoms with E-state index < -0.39 is 0 Å². The molecule has 0 spiro atoms. The van der Waals surface area contributed by atoms with Gasteiger partial charge < -0.3 is 24.8 Å². The second-order valence-corrected chi connectivity index (χ2v) is 6.74. The molecule has 1 aromatic heterocycles. The molecule has 0 aliphatic carbocycles. The van der Waals surface area contributed by atoms with Crippen LogP contribution in [0, 0.1) is 6.92 Å². The maximum Gasteiger partial charge on any atom is 0.315 e. The van der Waals surface area contributed by atoms with Gasteiger partial charge in [-0.25, -0.2) is 4.79 Å². The zero-order valence-corrected chi connectivity index (χ0v) is 15.8. The lowest BCUT2D eigenvalue weighted by Crippen LogP contribution is -2.54. The summed E-state index contributed by atoms with van der Waals surface area (Å²) in [6.45, 7) is 4.48. The molecule has 7 heteroatoms. The number of nitrogens with one attached hydrogen (secondary N) is 2. The lowest BCUT2D eigenvalue weighted by atomic mass is 10.1. The van der Waals surface area contributed by atoms with Crippen LogP contribution in [0.2, 0.25) is 0 Å². The van der Waals surface area contributed by atoms with Gasteiger partial charge in [0.1, 0.15) is 5.69 Å². The van der Waals surface area contributed by atoms with Gasteiger partial charge in [-0.2, -0.15) is 0 Å². The van der Waals surface area contributed by atoms with E-state index in [-0.39, 0.29) is 18.0 Å². The Hall–Kier alpha value is -2.80. The van der Waals surface area contributed by atoms with Gasteiger partial charge in [0.25, 0.3) is 5.91 Å². The van der Waals surface area contributed by atoms with Crippen molar-refractivity contribution in [2.24, 2.45) is 0 Å². The van der Waals surface area contributed by atoms with E-state index in [0.29, 0.717) is 38.5 Å². The average Bonchev–Trinajstić information content (AvgIpc) is 3.14. The summed E-state index contributed by atoms with van der Waals surface area (Å²) in [5.74, 6) is -0.0323. The minimum absolute atomic E-state index is 0.0323. The van der Waals surface area contributed by atoms with Crippen molar-refractivity contribution < 1.29 is 14.3 Å². The predicted octanol–water partition coefficient (Wildman–Crippen LogP) is 1.77. The quantitative estimate of drug-likeness (QED) is 0.780. The second-order valence-electron chi connectivity index (χ2n) is 6.74. The van der Waals surface area contributed by atoms with Gasteiger partial charge in [0.15, 0.2) is 0 Å². The highest BCUT2D eigenvalue weighted by molar-refractivity contribution is 5.93. The molecule has 144 valence electrons. The lowest BCUT2D eigenvalue weighted by Gasteiger charge is -2.36. The third-order valence-corrected chi connectivity index (χ3v) is 4.77. The molecule has 2 N–H and O–H groups in total. The van der Waals surface area contributed by atoms with Crippen molar-refractivity contribution in [2.75, 3.05) is 26.8 Å². The van der Waals surface area contributed by atoms with E-state index in [1.54, 1.807) is 12.0 Å². The molecule has 7 nitrogen and oxygen atoms in total. The fraction of sp³-hybridized carbons (Fsp3) is 0.400. The number of aryl methyl sites for hydroxylation is 1. The maximum absolute atomic E-state index is 12.7. The molecular weight excluding hydrogens is 344 g/mol. The highest BCUT2D eigenvalue weighted by Crippen LogP contribution is 2.18. The van der Waals surface area contributed by atoms with Crippen molar-refractivity contribution in [3.05, 3.63) is 59.4 Å². The summed E-state index contributed by atoms with van der Waals surface area (Å²) in [5.41, 5.74) is 2.90. The number of fused-ring (bicyclic) bond motifs is 1. The molecule has 0 radical (unpaired) electrons. The molecule has 27 heavy (non-hydrogen) atoms. The highest BCUT2D eigenvalue weighted by Gasteiger charge is 2.31. The first-order valence-corrected chi connectivity index (χ1v) is 9.11. The van der Waals surface area contributed by atoms with Crippen molar-refractivity contribution >= 4 is 11.9 Å². The molecule has 1 aromatic carbocycles. The molecule has 2 heterocycles. The van der Waals surface area contributed by atoms with Crippen LogP contribution >= 0.6 is 0 Å². The fourth-order valence-electron chi connectivity index (χ4n) is 3.22. The number of rotatable bonds is 7. The number of nitrogens with zero attached hydrogens (tertiary/aromatic N) is 2. The molecule has 0 fully saturated rings. The smallest absolute Gasteiger partial charge is 0.315 e. The van der Waals surface area contributed by atoms with Crippen LogP contribution in [0.15, 0.2) is 42.6 Å². The van der Waals surface area contributed by atoms with E-state index in [1.807, 2.05) is 54.1 Å². The molecule has 1 unspecified atom stereocenters. The van der Waals surface area contributed by atoms with Gasteiger partial charge in [0.05, 0.1) is 12.6 Å². The van der Waals surface area contributed by atoms with Crippen molar-refractivity contribution in [1.29, 1.82) is 0 Å². The van der Waals surface area contributed by atoms with E-state index in [9.17, 15) is 9.59 Å². The summed E-state index contributed by atoms with van der Waals surface area (Å²) in [6, 6.07) is 11.4. The number of urea groups is 1. The van der Waals surface area contributed by atoms with Crippen LogP contribution < -0.4 is 10.6 Å². The zero-order chi connectivity index (χ0) is 19.2. The standard InChI is InChI=1S/C20H26N4O3/c1-15-5-7-16(8-6-15)12-21-20(26)22-13-17-14-23-9-3-4-18(23)19(25)24(17)10-11-27-2/h3-9,17H,10-14H2,1-2H3,(H2,21,22,26). The minimum Gasteiger partial charge on any atom is -0.383 e. The van der Waals surface area contributed by atoms with Gasteiger partial charge >= 0.3 is 6.03 Å². The van der Waals surface area contributed by atoms with Crippen LogP contribution in [0.25, 0.3) is 0 Å². The molecule has 0 saturated carbocycles. The van der Waals surface area contributed by atoms with Gasteiger partial charge in [-0.3, -0.25) is 4.79 Å². The van der Waals surface area contributed by atoms with Crippen LogP contribution in [0.3, 0.4) is 0 Å². The molecule has 0 saturated heterocycles.